The summed E-state index contributed by atoms with van der Waals surface area (Å²) in [6.45, 7) is 2.32. The van der Waals surface area contributed by atoms with Gasteiger partial charge in [-0.25, -0.2) is 4.79 Å². The molecule has 37 heavy (non-hydrogen) atoms. The second-order valence-corrected chi connectivity index (χ2v) is 9.33. The lowest BCUT2D eigenvalue weighted by Gasteiger charge is -2.35. The molecule has 1 amide bonds. The molecule has 4 aromatic carbocycles. The lowest BCUT2D eigenvalue weighted by Crippen LogP contribution is -2.35. The van der Waals surface area contributed by atoms with E-state index in [0.29, 0.717) is 6.42 Å². The molecule has 0 unspecified atom stereocenters. The number of rotatable bonds is 5. The Morgan fingerprint density at radius 2 is 1.65 bits per heavy atom. The van der Waals surface area contributed by atoms with Gasteiger partial charge in [-0.3, -0.25) is 0 Å². The van der Waals surface area contributed by atoms with Crippen LogP contribution in [0, 0.1) is 18.8 Å². The van der Waals surface area contributed by atoms with Gasteiger partial charge in [-0.1, -0.05) is 108 Å². The first-order chi connectivity index (χ1) is 18.2. The van der Waals surface area contributed by atoms with Crippen molar-refractivity contribution < 1.29 is 9.53 Å². The van der Waals surface area contributed by atoms with Crippen LogP contribution in [-0.4, -0.2) is 6.09 Å². The molecule has 4 nitrogen and oxygen atoms in total. The highest BCUT2D eigenvalue weighted by molar-refractivity contribution is 5.70. The molecular weight excluding hydrogens is 456 g/mol. The highest BCUT2D eigenvalue weighted by atomic mass is 16.5. The van der Waals surface area contributed by atoms with Gasteiger partial charge in [-0.15, -0.1) is 0 Å². The molecule has 0 spiro atoms. The van der Waals surface area contributed by atoms with Crippen molar-refractivity contribution in [3.8, 4) is 11.8 Å². The number of para-hydroxylation sites is 1. The molecular formula is C33H30N2O2. The molecule has 0 saturated heterocycles. The molecule has 2 N–H and O–H groups in total. The summed E-state index contributed by atoms with van der Waals surface area (Å²) < 4.78 is 5.55. The number of hydrogen-bond acceptors (Lipinski definition) is 3. The Hall–Kier alpha value is -4.49. The van der Waals surface area contributed by atoms with E-state index in [2.05, 4.69) is 65.8 Å². The average molecular weight is 487 g/mol. The van der Waals surface area contributed by atoms with Crippen LogP contribution >= 0.6 is 0 Å². The van der Waals surface area contributed by atoms with Gasteiger partial charge in [0, 0.05) is 17.7 Å². The first-order valence-corrected chi connectivity index (χ1v) is 12.6. The van der Waals surface area contributed by atoms with Crippen LogP contribution in [0.25, 0.3) is 0 Å². The van der Waals surface area contributed by atoms with Crippen molar-refractivity contribution in [2.24, 2.45) is 0 Å². The Labute approximate surface area is 218 Å². The standard InChI is InChI=1S/C33H30N2O2/c1-24-18-20-27(21-19-24)30-22-31(35-33(36)37-23-26-12-6-3-7-13-26)29-17-9-16-28(32(29)34-30)15-8-14-25-10-4-2-5-11-25/h2-7,9-13,16-21,30-31,34H,15,22-23H2,1H3,(H,35,36)/t30-,31-/m0/s1. The van der Waals surface area contributed by atoms with Crippen molar-refractivity contribution in [2.45, 2.75) is 38.5 Å². The largest absolute Gasteiger partial charge is 0.445 e. The van der Waals surface area contributed by atoms with Crippen LogP contribution in [0.2, 0.25) is 0 Å². The Kier molecular flexibility index (Phi) is 7.52. The van der Waals surface area contributed by atoms with Crippen molar-refractivity contribution >= 4 is 11.8 Å². The molecule has 5 rings (SSSR count). The van der Waals surface area contributed by atoms with Crippen molar-refractivity contribution in [1.29, 1.82) is 0 Å². The van der Waals surface area contributed by atoms with E-state index < -0.39 is 6.09 Å². The maximum absolute atomic E-state index is 12.8. The number of alkyl carbamates (subject to hydrolysis) is 1. The van der Waals surface area contributed by atoms with E-state index in [9.17, 15) is 4.79 Å². The van der Waals surface area contributed by atoms with Crippen LogP contribution in [-0.2, 0) is 17.8 Å². The monoisotopic (exact) mass is 486 g/mol. The summed E-state index contributed by atoms with van der Waals surface area (Å²) in [5.74, 6) is 6.58. The fourth-order valence-corrected chi connectivity index (χ4v) is 4.65. The number of benzene rings is 4. The first-order valence-electron chi connectivity index (χ1n) is 12.6. The highest BCUT2D eigenvalue weighted by Crippen LogP contribution is 2.41. The van der Waals surface area contributed by atoms with Gasteiger partial charge in [0.2, 0.25) is 0 Å². The van der Waals surface area contributed by atoms with Crippen molar-refractivity contribution in [3.05, 3.63) is 137 Å². The normalized spacial score (nSPS) is 15.9. The van der Waals surface area contributed by atoms with E-state index in [4.69, 9.17) is 4.74 Å². The molecule has 0 fully saturated rings. The molecule has 184 valence electrons. The molecule has 2 atom stereocenters. The fraction of sp³-hybridized carbons (Fsp3) is 0.182. The van der Waals surface area contributed by atoms with E-state index >= 15 is 0 Å². The van der Waals surface area contributed by atoms with Gasteiger partial charge in [0.05, 0.1) is 12.1 Å². The number of ether oxygens (including phenoxy) is 1. The molecule has 1 heterocycles. The molecule has 0 radical (unpaired) electrons. The number of fused-ring (bicyclic) bond motifs is 1. The summed E-state index contributed by atoms with van der Waals surface area (Å²) in [5.41, 5.74) is 7.57. The minimum absolute atomic E-state index is 0.0516. The summed E-state index contributed by atoms with van der Waals surface area (Å²) in [6.07, 6.45) is 0.908. The van der Waals surface area contributed by atoms with E-state index in [1.807, 2.05) is 66.7 Å². The summed E-state index contributed by atoms with van der Waals surface area (Å²) in [7, 11) is 0. The zero-order valence-corrected chi connectivity index (χ0v) is 20.9. The van der Waals surface area contributed by atoms with Crippen LogP contribution in [0.3, 0.4) is 0 Å². The molecule has 0 aromatic heterocycles. The van der Waals surface area contributed by atoms with E-state index in [0.717, 1.165) is 34.4 Å². The van der Waals surface area contributed by atoms with Crippen LogP contribution in [0.5, 0.6) is 0 Å². The second-order valence-electron chi connectivity index (χ2n) is 9.33. The molecule has 0 bridgehead atoms. The third-order valence-electron chi connectivity index (χ3n) is 6.62. The molecule has 0 saturated carbocycles. The third-order valence-corrected chi connectivity index (χ3v) is 6.62. The fourth-order valence-electron chi connectivity index (χ4n) is 4.65. The topological polar surface area (TPSA) is 50.4 Å². The number of carbonyl (C=O) groups excluding carboxylic acids is 1. The first kappa shape index (κ1) is 24.2. The van der Waals surface area contributed by atoms with Crippen LogP contribution in [0.15, 0.2) is 103 Å². The maximum Gasteiger partial charge on any atom is 0.407 e. The quantitative estimate of drug-likeness (QED) is 0.296. The van der Waals surface area contributed by atoms with Gasteiger partial charge in [0.1, 0.15) is 6.61 Å². The number of amides is 1. The van der Waals surface area contributed by atoms with E-state index in [1.165, 1.54) is 11.1 Å². The minimum Gasteiger partial charge on any atom is -0.445 e. The van der Waals surface area contributed by atoms with E-state index in [-0.39, 0.29) is 18.7 Å². The predicted octanol–water partition coefficient (Wildman–Crippen LogP) is 7.11. The second kappa shape index (κ2) is 11.5. The summed E-state index contributed by atoms with van der Waals surface area (Å²) in [4.78, 5) is 12.8. The Bertz CT molecular complexity index is 1400. The van der Waals surface area contributed by atoms with Crippen LogP contribution in [0.1, 0.15) is 51.9 Å². The highest BCUT2D eigenvalue weighted by Gasteiger charge is 2.30. The molecule has 4 aromatic rings. The summed E-state index contributed by atoms with van der Waals surface area (Å²) in [5, 5.41) is 6.88. The van der Waals surface area contributed by atoms with Gasteiger partial charge in [0.15, 0.2) is 0 Å². The zero-order valence-electron chi connectivity index (χ0n) is 20.9. The smallest absolute Gasteiger partial charge is 0.407 e. The molecule has 4 heteroatoms. The average Bonchev–Trinajstić information content (AvgIpc) is 2.94. The Morgan fingerprint density at radius 1 is 0.919 bits per heavy atom. The number of anilines is 1. The number of nitrogens with one attached hydrogen (secondary N) is 2. The number of hydrogen-bond donors (Lipinski definition) is 2. The predicted molar refractivity (Wildman–Crippen MR) is 148 cm³/mol. The zero-order chi connectivity index (χ0) is 25.5. The summed E-state index contributed by atoms with van der Waals surface area (Å²) in [6, 6.07) is 34.4. The van der Waals surface area contributed by atoms with Crippen LogP contribution < -0.4 is 10.6 Å². The molecule has 1 aliphatic rings. The van der Waals surface area contributed by atoms with Crippen molar-refractivity contribution in [2.75, 3.05) is 5.32 Å². The Balaban J connectivity index is 1.39. The molecule has 0 aliphatic carbocycles. The number of aryl methyl sites for hydroxylation is 1. The van der Waals surface area contributed by atoms with Gasteiger partial charge < -0.3 is 15.4 Å². The van der Waals surface area contributed by atoms with Crippen LogP contribution in [0.4, 0.5) is 10.5 Å². The van der Waals surface area contributed by atoms with E-state index in [1.54, 1.807) is 0 Å². The van der Waals surface area contributed by atoms with Gasteiger partial charge in [0.25, 0.3) is 0 Å². The summed E-state index contributed by atoms with van der Waals surface area (Å²) >= 11 is 0. The maximum atomic E-state index is 12.8. The third kappa shape index (κ3) is 6.20. The number of carbonyl (C=O) groups is 1. The van der Waals surface area contributed by atoms with Crippen molar-refractivity contribution in [1.82, 2.24) is 5.32 Å². The molecule has 1 aliphatic heterocycles. The minimum atomic E-state index is -0.418. The Morgan fingerprint density at radius 3 is 2.41 bits per heavy atom. The lowest BCUT2D eigenvalue weighted by atomic mass is 9.87. The van der Waals surface area contributed by atoms with Gasteiger partial charge in [-0.2, -0.15) is 0 Å². The van der Waals surface area contributed by atoms with Gasteiger partial charge >= 0.3 is 6.09 Å². The lowest BCUT2D eigenvalue weighted by molar-refractivity contribution is 0.134. The SMILES string of the molecule is Cc1ccc([C@@H]2C[C@H](NC(=O)OCc3ccccc3)c3cccc(CC#Cc4ccccc4)c3N2)cc1. The van der Waals surface area contributed by atoms with Gasteiger partial charge in [-0.05, 0) is 47.7 Å². The van der Waals surface area contributed by atoms with Crippen molar-refractivity contribution in [3.63, 3.8) is 0 Å².